The summed E-state index contributed by atoms with van der Waals surface area (Å²) < 4.78 is 53.4. The molecule has 21 heteroatoms. The molecule has 0 unspecified atom stereocenters. The molecule has 0 atom stereocenters. The summed E-state index contributed by atoms with van der Waals surface area (Å²) in [6.45, 7) is 33.1. The molecule has 0 spiro atoms. The molecule has 0 N–H and O–H groups in total. The van der Waals surface area contributed by atoms with Crippen LogP contribution in [0.25, 0.3) is 89.7 Å². The maximum absolute atomic E-state index is 11.3. The van der Waals surface area contributed by atoms with E-state index in [2.05, 4.69) is 55.4 Å². The Labute approximate surface area is 591 Å². The van der Waals surface area contributed by atoms with Crippen molar-refractivity contribution in [3.8, 4) is 91.5 Å². The fraction of sp³-hybridized carbons (Fsp3) is 0.579. The maximum atomic E-state index is 11.3. The van der Waals surface area contributed by atoms with Gasteiger partial charge in [-0.2, -0.15) is 0 Å². The number of aromatic nitrogens is 8. The van der Waals surface area contributed by atoms with E-state index in [1.807, 2.05) is 90.1 Å². The first kappa shape index (κ1) is 79.5. The van der Waals surface area contributed by atoms with Crippen molar-refractivity contribution in [2.45, 2.75) is 236 Å². The van der Waals surface area contributed by atoms with Crippen LogP contribution < -0.4 is 57.5 Å². The van der Waals surface area contributed by atoms with Crippen molar-refractivity contribution in [2.75, 3.05) is 52.9 Å². The summed E-state index contributed by atoms with van der Waals surface area (Å²) in [6, 6.07) is 21.0. The normalized spacial score (nSPS) is 11.6. The van der Waals surface area contributed by atoms with E-state index in [4.69, 9.17) is 77.8 Å². The topological polar surface area (TPSA) is 225 Å². The van der Waals surface area contributed by atoms with E-state index >= 15 is 0 Å². The van der Waals surface area contributed by atoms with Gasteiger partial charge in [0.05, 0.1) is 86.8 Å². The minimum Gasteiger partial charge on any atom is -0.858 e. The molecule has 2 aliphatic rings. The maximum Gasteiger partial charge on any atom is 0.167 e. The second kappa shape index (κ2) is 40.6. The molecular formula is C76H110GeN8O10Si2-4. The molecule has 18 nitrogen and oxygen atoms in total. The molecule has 4 aromatic carbocycles. The zero-order valence-electron chi connectivity index (χ0n) is 61.0. The molecule has 2 aliphatic heterocycles. The van der Waals surface area contributed by atoms with Crippen molar-refractivity contribution in [2.24, 2.45) is 0 Å². The van der Waals surface area contributed by atoms with Gasteiger partial charge in [0.25, 0.3) is 0 Å². The largest absolute Gasteiger partial charge is 0.858 e. The zero-order chi connectivity index (χ0) is 69.0. The van der Waals surface area contributed by atoms with Crippen molar-refractivity contribution < 1.29 is 47.5 Å². The van der Waals surface area contributed by atoms with Gasteiger partial charge in [-0.1, -0.05) is 185 Å². The van der Waals surface area contributed by atoms with Gasteiger partial charge in [0.15, 0.2) is 11.6 Å². The van der Waals surface area contributed by atoms with E-state index < -0.39 is 16.6 Å². The van der Waals surface area contributed by atoms with Crippen LogP contribution in [0.1, 0.15) is 200 Å². The van der Waals surface area contributed by atoms with E-state index in [1.165, 1.54) is 0 Å². The van der Waals surface area contributed by atoms with Gasteiger partial charge < -0.3 is 72.4 Å². The third-order valence-electron chi connectivity index (χ3n) is 17.9. The third-order valence-corrected chi connectivity index (χ3v) is 25.6. The smallest absolute Gasteiger partial charge is 0.167 e. The zero-order valence-corrected chi connectivity index (χ0v) is 65.1. The van der Waals surface area contributed by atoms with Crippen LogP contribution in [0, 0.1) is 0 Å². The Morgan fingerprint density at radius 2 is 0.443 bits per heavy atom. The molecule has 0 aliphatic carbocycles. The Bertz CT molecular complexity index is 3490. The summed E-state index contributed by atoms with van der Waals surface area (Å²) in [6.07, 6.45) is 14.3. The number of unbranched alkanes of at least 4 members (excludes halogenated alkanes) is 8. The van der Waals surface area contributed by atoms with E-state index in [-0.39, 0.29) is 17.6 Å². The predicted octanol–water partition coefficient (Wildman–Crippen LogP) is 17.9. The molecule has 9 rings (SSSR count). The monoisotopic (exact) mass is 1420 g/mol. The van der Waals surface area contributed by atoms with Crippen molar-refractivity contribution in [1.29, 1.82) is 0 Å². The second-order valence-electron chi connectivity index (χ2n) is 24.8. The number of benzene rings is 4. The number of rotatable bonds is 38. The first-order valence-electron chi connectivity index (χ1n) is 36.6. The van der Waals surface area contributed by atoms with Gasteiger partial charge in [-0.15, -0.1) is 0 Å². The fourth-order valence-corrected chi connectivity index (χ4v) is 14.0. The molecule has 0 fully saturated rings. The number of hydrogen-bond acceptors (Lipinski definition) is 16. The molecular weight excluding hydrogens is 1310 g/mol. The average molecular weight is 1420 g/mol. The Morgan fingerprint density at radius 1 is 0.268 bits per heavy atom. The van der Waals surface area contributed by atoms with Crippen molar-refractivity contribution in [1.82, 2.24) is 39.9 Å². The van der Waals surface area contributed by atoms with Crippen LogP contribution in [0.5, 0.6) is 46.0 Å². The Morgan fingerprint density at radius 3 is 0.629 bits per heavy atom. The molecule has 5 heterocycles. The standard InChI is InChI=1S/C64H80N8O8.2C6H15OSi.Ge/c1-9-17-33-73-41-25-26-42(74-34-18-10-2)50-49(41)57-65-58(50)70-60-53-45(77-37-21-13-5)29-30-46(78-38-22-14-6)54(53)62(67-60)72-64-56-48(80-40-24-16-8)32-31-47(79-39-23-15-7)55(56)63(68-64)71-61-52-44(76-36-20-12-4)28-27-43(75-35-19-11-3)51(52)59(66-61)69-57;2*1-4-8(7,5-2)6-3;/h25-32H,9-24,33-40H2,1-8H3;2*4-6H2,1-3H3;/q-2;2*-1;. The van der Waals surface area contributed by atoms with E-state index in [0.29, 0.717) is 189 Å². The SMILES string of the molecule is CCCCOc1ccc(OCCCC)c2c1-c1nc3nc(nc4[n-]c(nc5[n-]c(nc-2n1)c1c(OCCCC)ccc(OCCCC)c51)c1c(OCCCC)ccc(OCCCC)c41)-c1c(OCCCC)ccc(OCCCC)c1-3.CC[Si]([O-])(CC)CC.CC[Si]([O-])(CC)CC.[Ge]. The molecule has 0 saturated heterocycles. The number of ether oxygens (including phenoxy) is 8. The molecule has 8 bridgehead atoms. The minimum atomic E-state index is -1.92. The number of hydrogen-bond donors (Lipinski definition) is 0. The van der Waals surface area contributed by atoms with E-state index in [9.17, 15) is 9.59 Å². The third kappa shape index (κ3) is 20.4. The average Bonchev–Trinajstić information content (AvgIpc) is 1.59. The van der Waals surface area contributed by atoms with E-state index in [1.54, 1.807) is 0 Å². The van der Waals surface area contributed by atoms with E-state index in [0.717, 1.165) is 139 Å². The molecule has 530 valence electrons. The van der Waals surface area contributed by atoms with Crippen LogP contribution in [0.15, 0.2) is 48.5 Å². The number of nitrogens with zero attached hydrogens (tertiary/aromatic N) is 8. The van der Waals surface area contributed by atoms with Gasteiger partial charge in [-0.3, -0.25) is 0 Å². The molecule has 97 heavy (non-hydrogen) atoms. The van der Waals surface area contributed by atoms with Gasteiger partial charge in [-0.05, 0) is 117 Å². The summed E-state index contributed by atoms with van der Waals surface area (Å²) >= 11 is 0. The van der Waals surface area contributed by atoms with Gasteiger partial charge in [0.1, 0.15) is 46.0 Å². The van der Waals surface area contributed by atoms with Crippen LogP contribution in [-0.2, 0) is 0 Å². The van der Waals surface area contributed by atoms with Crippen LogP contribution in [-0.4, -0.2) is 117 Å². The van der Waals surface area contributed by atoms with Crippen LogP contribution in [0.3, 0.4) is 0 Å². The number of fused-ring (bicyclic) bond motifs is 20. The molecule has 0 amide bonds. The molecule has 4 radical (unpaired) electrons. The molecule has 7 aromatic rings. The Balaban J connectivity index is 0.000000777. The fourth-order valence-electron chi connectivity index (χ4n) is 11.0. The summed E-state index contributed by atoms with van der Waals surface area (Å²) in [5.41, 5.74) is 3.79. The summed E-state index contributed by atoms with van der Waals surface area (Å²) in [5, 5.41) is 2.49. The van der Waals surface area contributed by atoms with Crippen LogP contribution >= 0.6 is 0 Å². The Hall–Kier alpha value is -6.46. The van der Waals surface area contributed by atoms with Gasteiger partial charge in [0.2, 0.25) is 0 Å². The first-order chi connectivity index (χ1) is 46.8. The first-order valence-corrected chi connectivity index (χ1v) is 41.7. The van der Waals surface area contributed by atoms with Crippen molar-refractivity contribution in [3.05, 3.63) is 48.5 Å². The summed E-state index contributed by atoms with van der Waals surface area (Å²) in [7, 11) is -3.84. The van der Waals surface area contributed by atoms with Crippen molar-refractivity contribution >= 4 is 78.4 Å². The quantitative estimate of drug-likeness (QED) is 0.0259. The van der Waals surface area contributed by atoms with Crippen LogP contribution in [0.4, 0.5) is 0 Å². The minimum absolute atomic E-state index is 0. The van der Waals surface area contributed by atoms with Crippen molar-refractivity contribution in [3.63, 3.8) is 0 Å². The summed E-state index contributed by atoms with van der Waals surface area (Å²) in [5.74, 6) is 5.99. The second-order valence-corrected chi connectivity index (χ2v) is 33.8. The molecule has 0 saturated carbocycles. The summed E-state index contributed by atoms with van der Waals surface area (Å²) in [4.78, 5) is 66.2. The van der Waals surface area contributed by atoms with Gasteiger partial charge in [0, 0.05) is 61.7 Å². The van der Waals surface area contributed by atoms with Crippen LogP contribution in [0.2, 0.25) is 36.3 Å². The Kier molecular flexibility index (Phi) is 33.3. The van der Waals surface area contributed by atoms with Gasteiger partial charge in [-0.25, -0.2) is 15.0 Å². The molecule has 3 aromatic heterocycles. The predicted molar refractivity (Wildman–Crippen MR) is 397 cm³/mol. The van der Waals surface area contributed by atoms with Gasteiger partial charge >= 0.3 is 0 Å².